The van der Waals surface area contributed by atoms with Crippen molar-refractivity contribution in [3.05, 3.63) is 75.3 Å². The van der Waals surface area contributed by atoms with Crippen LogP contribution in [0, 0.1) is 39.7 Å². The van der Waals surface area contributed by atoms with Gasteiger partial charge in [-0.2, -0.15) is 10.5 Å². The number of pyridine rings is 1. The van der Waals surface area contributed by atoms with Crippen LogP contribution in [0.2, 0.25) is 0 Å². The second kappa shape index (κ2) is 12.5. The number of azo groups is 1. The Kier molecular flexibility index (Phi) is 8.94. The molecule has 0 fully saturated rings. The molecule has 1 aromatic heterocycles. The lowest BCUT2D eigenvalue weighted by molar-refractivity contribution is -0.384. The maximum atomic E-state index is 11.0. The zero-order chi connectivity index (χ0) is 25.9. The number of ether oxygens (including phenoxy) is 1. The number of non-ortho nitro benzene ring substituents is 1. The predicted molar refractivity (Wildman–Crippen MR) is 132 cm³/mol. The summed E-state index contributed by atoms with van der Waals surface area (Å²) in [6, 6.07) is 16.9. The Hall–Kier alpha value is -4.91. The molecule has 0 atom stereocenters. The van der Waals surface area contributed by atoms with Crippen LogP contribution in [0.5, 0.6) is 0 Å². The summed E-state index contributed by atoms with van der Waals surface area (Å²) in [4.78, 5) is 15.0. The molecule has 2 aromatic carbocycles. The number of aromatic nitrogens is 1. The number of benzene rings is 2. The van der Waals surface area contributed by atoms with E-state index in [1.165, 1.54) is 12.1 Å². The number of anilines is 3. The number of rotatable bonds is 11. The van der Waals surface area contributed by atoms with Gasteiger partial charge in [0.15, 0.2) is 11.6 Å². The molecular weight excluding hydrogens is 464 g/mol. The number of aliphatic hydroxyl groups excluding tert-OH is 1. The highest BCUT2D eigenvalue weighted by atomic mass is 16.6. The fraction of sp³-hybridized carbons (Fsp3) is 0.208. The molecule has 0 radical (unpaired) electrons. The van der Waals surface area contributed by atoms with Crippen molar-refractivity contribution in [1.82, 2.24) is 4.98 Å². The molecular formula is C24H22N8O4. The van der Waals surface area contributed by atoms with Gasteiger partial charge in [-0.05, 0) is 25.1 Å². The number of hydrogen-bond acceptors (Lipinski definition) is 11. The molecule has 1 heterocycles. The van der Waals surface area contributed by atoms with Gasteiger partial charge in [0.25, 0.3) is 5.69 Å². The fourth-order valence-electron chi connectivity index (χ4n) is 3.15. The molecule has 0 amide bonds. The van der Waals surface area contributed by atoms with Crippen LogP contribution >= 0.6 is 0 Å². The van der Waals surface area contributed by atoms with E-state index in [0.717, 1.165) is 11.8 Å². The third-order valence-electron chi connectivity index (χ3n) is 4.91. The van der Waals surface area contributed by atoms with Crippen LogP contribution in [-0.2, 0) is 4.74 Å². The van der Waals surface area contributed by atoms with Gasteiger partial charge in [0.1, 0.15) is 23.5 Å². The van der Waals surface area contributed by atoms with Crippen molar-refractivity contribution in [2.75, 3.05) is 37.0 Å². The summed E-state index contributed by atoms with van der Waals surface area (Å²) in [6.45, 7) is 2.38. The lowest BCUT2D eigenvalue weighted by Gasteiger charge is -2.15. The van der Waals surface area contributed by atoms with Gasteiger partial charge < -0.3 is 20.5 Å². The third-order valence-corrected chi connectivity index (χ3v) is 4.91. The molecule has 0 aliphatic carbocycles. The number of hydrogen-bond donors (Lipinski definition) is 3. The average molecular weight is 486 g/mol. The number of nitrogens with zero attached hydrogens (tertiary/aromatic N) is 6. The monoisotopic (exact) mass is 486 g/mol. The van der Waals surface area contributed by atoms with Gasteiger partial charge in [-0.25, -0.2) is 4.98 Å². The zero-order valence-electron chi connectivity index (χ0n) is 19.3. The lowest BCUT2D eigenvalue weighted by Crippen LogP contribution is -2.13. The van der Waals surface area contributed by atoms with Crippen LogP contribution in [0.4, 0.5) is 34.4 Å². The smallest absolute Gasteiger partial charge is 0.270 e. The lowest BCUT2D eigenvalue weighted by atomic mass is 10.1. The summed E-state index contributed by atoms with van der Waals surface area (Å²) < 4.78 is 5.28. The largest absolute Gasteiger partial charge is 0.394 e. The summed E-state index contributed by atoms with van der Waals surface area (Å²) >= 11 is 0. The maximum absolute atomic E-state index is 11.0. The standard InChI is InChI=1S/C24H22N8O4/c1-16-20(15-26)23(28-18-5-3-2-4-6-18)29-24(27-9-11-36-12-10-33)22(16)31-30-21-8-7-19(32(34)35)13-17(21)14-25/h2-8,13,33H,9-12H2,1H3,(H2,27,28,29)/b31-30+. The summed E-state index contributed by atoms with van der Waals surface area (Å²) in [5, 5.41) is 53.7. The molecule has 12 nitrogen and oxygen atoms in total. The fourth-order valence-corrected chi connectivity index (χ4v) is 3.15. The van der Waals surface area contributed by atoms with Gasteiger partial charge in [0.05, 0.1) is 35.9 Å². The summed E-state index contributed by atoms with van der Waals surface area (Å²) in [6.07, 6.45) is 0. The molecule has 0 saturated heterocycles. The van der Waals surface area contributed by atoms with Crippen molar-refractivity contribution in [2.24, 2.45) is 10.2 Å². The minimum atomic E-state index is -0.603. The topological polar surface area (TPSA) is 182 Å². The Morgan fingerprint density at radius 2 is 1.89 bits per heavy atom. The highest BCUT2D eigenvalue weighted by molar-refractivity contribution is 5.76. The van der Waals surface area contributed by atoms with Crippen LogP contribution in [0.15, 0.2) is 58.8 Å². The van der Waals surface area contributed by atoms with Crippen LogP contribution < -0.4 is 10.6 Å². The van der Waals surface area contributed by atoms with E-state index in [-0.39, 0.29) is 48.0 Å². The number of para-hydroxylation sites is 1. The molecule has 0 saturated carbocycles. The van der Waals surface area contributed by atoms with Crippen molar-refractivity contribution in [3.63, 3.8) is 0 Å². The maximum Gasteiger partial charge on any atom is 0.270 e. The number of nitro groups is 1. The van der Waals surface area contributed by atoms with Crippen molar-refractivity contribution in [2.45, 2.75) is 6.92 Å². The SMILES string of the molecule is Cc1c(C#N)c(Nc2ccccc2)nc(NCCOCCO)c1/N=N/c1ccc([N+](=O)[O-])cc1C#N. The highest BCUT2D eigenvalue weighted by Crippen LogP contribution is 2.36. The van der Waals surface area contributed by atoms with Crippen molar-refractivity contribution in [1.29, 1.82) is 10.5 Å². The minimum Gasteiger partial charge on any atom is -0.394 e. The van der Waals surface area contributed by atoms with E-state index in [1.807, 2.05) is 36.4 Å². The van der Waals surface area contributed by atoms with Crippen molar-refractivity contribution in [3.8, 4) is 12.1 Å². The first-order chi connectivity index (χ1) is 17.5. The Morgan fingerprint density at radius 1 is 1.11 bits per heavy atom. The van der Waals surface area contributed by atoms with E-state index in [9.17, 15) is 20.6 Å². The van der Waals surface area contributed by atoms with E-state index in [0.29, 0.717) is 23.7 Å². The molecule has 182 valence electrons. The summed E-state index contributed by atoms with van der Waals surface area (Å²) in [5.74, 6) is 0.619. The van der Waals surface area contributed by atoms with Gasteiger partial charge in [-0.15, -0.1) is 10.2 Å². The van der Waals surface area contributed by atoms with E-state index in [2.05, 4.69) is 31.9 Å². The van der Waals surface area contributed by atoms with Crippen LogP contribution in [0.3, 0.4) is 0 Å². The Labute approximate surface area is 206 Å². The molecule has 0 unspecified atom stereocenters. The average Bonchev–Trinajstić information content (AvgIpc) is 2.88. The van der Waals surface area contributed by atoms with Gasteiger partial charge in [0.2, 0.25) is 0 Å². The van der Waals surface area contributed by atoms with E-state index in [1.54, 1.807) is 6.92 Å². The minimum absolute atomic E-state index is 0.0201. The summed E-state index contributed by atoms with van der Waals surface area (Å²) in [7, 11) is 0. The van der Waals surface area contributed by atoms with Crippen LogP contribution in [0.25, 0.3) is 0 Å². The molecule has 0 spiro atoms. The second-order valence-corrected chi connectivity index (χ2v) is 7.29. The van der Waals surface area contributed by atoms with Crippen LogP contribution in [0.1, 0.15) is 16.7 Å². The molecule has 3 N–H and O–H groups in total. The predicted octanol–water partition coefficient (Wildman–Crippen LogP) is 4.62. The number of nitro benzene ring substituents is 1. The van der Waals surface area contributed by atoms with Crippen molar-refractivity contribution >= 4 is 34.4 Å². The number of nitriles is 2. The number of nitrogens with one attached hydrogen (secondary N) is 2. The Morgan fingerprint density at radius 3 is 2.56 bits per heavy atom. The second-order valence-electron chi connectivity index (χ2n) is 7.29. The quantitative estimate of drug-likeness (QED) is 0.151. The number of aliphatic hydroxyl groups is 1. The van der Waals surface area contributed by atoms with E-state index in [4.69, 9.17) is 9.84 Å². The molecule has 36 heavy (non-hydrogen) atoms. The molecule has 12 heteroatoms. The first-order valence-corrected chi connectivity index (χ1v) is 10.8. The Balaban J connectivity index is 2.03. The highest BCUT2D eigenvalue weighted by Gasteiger charge is 2.18. The zero-order valence-corrected chi connectivity index (χ0v) is 19.3. The summed E-state index contributed by atoms with van der Waals surface area (Å²) in [5.41, 5.74) is 1.59. The van der Waals surface area contributed by atoms with Gasteiger partial charge in [-0.1, -0.05) is 18.2 Å². The molecule has 0 aliphatic heterocycles. The van der Waals surface area contributed by atoms with Gasteiger partial charge in [0, 0.05) is 29.9 Å². The Bertz CT molecular complexity index is 1350. The van der Waals surface area contributed by atoms with Gasteiger partial charge in [-0.3, -0.25) is 10.1 Å². The first-order valence-electron chi connectivity index (χ1n) is 10.8. The van der Waals surface area contributed by atoms with Gasteiger partial charge >= 0.3 is 0 Å². The first kappa shape index (κ1) is 25.7. The van der Waals surface area contributed by atoms with Crippen molar-refractivity contribution < 1.29 is 14.8 Å². The molecule has 3 aromatic rings. The third kappa shape index (κ3) is 6.36. The van der Waals surface area contributed by atoms with E-state index >= 15 is 0 Å². The van der Waals surface area contributed by atoms with E-state index < -0.39 is 4.92 Å². The normalized spacial score (nSPS) is 10.6. The molecule has 3 rings (SSSR count). The van der Waals surface area contributed by atoms with Crippen LogP contribution in [-0.4, -0.2) is 41.4 Å². The molecule has 0 bridgehead atoms. The molecule has 0 aliphatic rings.